The molecule has 1 N–H and O–H groups in total. The van der Waals surface area contributed by atoms with Crippen molar-refractivity contribution in [2.75, 3.05) is 6.61 Å². The van der Waals surface area contributed by atoms with Gasteiger partial charge in [0.05, 0.1) is 23.1 Å². The third kappa shape index (κ3) is 10.1. The van der Waals surface area contributed by atoms with Crippen LogP contribution in [-0.2, 0) is 41.5 Å². The van der Waals surface area contributed by atoms with Crippen molar-refractivity contribution in [1.82, 2.24) is 24.8 Å². The number of carbonyl (C=O) groups is 4. The summed E-state index contributed by atoms with van der Waals surface area (Å²) in [6.45, 7) is 8.79. The van der Waals surface area contributed by atoms with E-state index in [4.69, 9.17) is 23.7 Å². The number of nitrogens with one attached hydrogen (secondary N) is 1. The summed E-state index contributed by atoms with van der Waals surface area (Å²) in [6.07, 6.45) is -0.244. The lowest BCUT2D eigenvalue weighted by Gasteiger charge is -2.23. The summed E-state index contributed by atoms with van der Waals surface area (Å²) in [6, 6.07) is 22.0. The average molecular weight is 750 g/mol. The maximum atomic E-state index is 13.4. The Hall–Kier alpha value is -6.15. The molecule has 1 aliphatic heterocycles. The molecule has 286 valence electrons. The number of aromatic nitrogens is 4. The summed E-state index contributed by atoms with van der Waals surface area (Å²) in [5, 5.41) is 2.62. The molecule has 5 aromatic rings. The molecule has 1 amide bonds. The van der Waals surface area contributed by atoms with Crippen LogP contribution in [0.5, 0.6) is 0 Å². The Morgan fingerprint density at radius 3 is 2.16 bits per heavy atom. The molecule has 3 aromatic carbocycles. The molecular formula is C41H43N5O9. The molecule has 0 radical (unpaired) electrons. The number of amides is 1. The molecule has 14 heteroatoms. The Balaban J connectivity index is 1.22. The highest BCUT2D eigenvalue weighted by molar-refractivity contribution is 5.90. The van der Waals surface area contributed by atoms with Crippen molar-refractivity contribution in [2.24, 2.45) is 0 Å². The van der Waals surface area contributed by atoms with E-state index < -0.39 is 54.1 Å². The van der Waals surface area contributed by atoms with Crippen LogP contribution in [0.3, 0.4) is 0 Å². The number of nitrogens with zero attached hydrogens (tertiary/aromatic N) is 4. The van der Waals surface area contributed by atoms with Crippen molar-refractivity contribution in [2.45, 2.75) is 84.1 Å². The Kier molecular flexibility index (Phi) is 11.8. The van der Waals surface area contributed by atoms with Crippen LogP contribution in [-0.4, -0.2) is 74.0 Å². The predicted molar refractivity (Wildman–Crippen MR) is 199 cm³/mol. The summed E-state index contributed by atoms with van der Waals surface area (Å²) in [7, 11) is 0. The highest BCUT2D eigenvalue weighted by atomic mass is 16.6. The van der Waals surface area contributed by atoms with Crippen molar-refractivity contribution in [3.8, 4) is 0 Å². The normalized spacial score (nSPS) is 17.3. The van der Waals surface area contributed by atoms with Crippen LogP contribution >= 0.6 is 0 Å². The lowest BCUT2D eigenvalue weighted by atomic mass is 10.1. The van der Waals surface area contributed by atoms with Crippen LogP contribution in [0, 0.1) is 13.8 Å². The first-order chi connectivity index (χ1) is 26.3. The summed E-state index contributed by atoms with van der Waals surface area (Å²) in [5.74, 6) is -1.79. The molecule has 0 saturated carbocycles. The van der Waals surface area contributed by atoms with E-state index in [1.165, 1.54) is 12.7 Å². The Bertz CT molecular complexity index is 2130. The van der Waals surface area contributed by atoms with Crippen molar-refractivity contribution in [1.29, 1.82) is 0 Å². The third-order valence-corrected chi connectivity index (χ3v) is 8.73. The van der Waals surface area contributed by atoms with Crippen LogP contribution in [0.2, 0.25) is 0 Å². The van der Waals surface area contributed by atoms with Gasteiger partial charge < -0.3 is 29.0 Å². The van der Waals surface area contributed by atoms with Gasteiger partial charge in [0.1, 0.15) is 55.1 Å². The fraction of sp³-hybridized carbons (Fsp3) is 0.341. The smallest absolute Gasteiger partial charge is 0.408 e. The van der Waals surface area contributed by atoms with Gasteiger partial charge in [-0.25, -0.2) is 34.1 Å². The Labute approximate surface area is 318 Å². The van der Waals surface area contributed by atoms with Crippen molar-refractivity contribution in [3.05, 3.63) is 125 Å². The van der Waals surface area contributed by atoms with Crippen LogP contribution in [0.1, 0.15) is 76.5 Å². The summed E-state index contributed by atoms with van der Waals surface area (Å²) < 4.78 is 30.6. The molecule has 0 spiro atoms. The second-order valence-electron chi connectivity index (χ2n) is 14.3. The summed E-state index contributed by atoms with van der Waals surface area (Å²) >= 11 is 0. The van der Waals surface area contributed by atoms with Crippen molar-refractivity contribution < 1.29 is 42.9 Å². The van der Waals surface area contributed by atoms with Crippen LogP contribution in [0.25, 0.3) is 11.2 Å². The van der Waals surface area contributed by atoms with Gasteiger partial charge in [-0.05, 0) is 64.4 Å². The van der Waals surface area contributed by atoms with E-state index in [1.807, 2.05) is 68.4 Å². The van der Waals surface area contributed by atoms with Crippen molar-refractivity contribution >= 4 is 35.2 Å². The second-order valence-corrected chi connectivity index (χ2v) is 14.3. The van der Waals surface area contributed by atoms with Gasteiger partial charge in [-0.3, -0.25) is 4.57 Å². The zero-order valence-electron chi connectivity index (χ0n) is 31.3. The molecule has 0 bridgehead atoms. The van der Waals surface area contributed by atoms with Crippen molar-refractivity contribution in [3.63, 3.8) is 0 Å². The zero-order valence-corrected chi connectivity index (χ0v) is 31.3. The van der Waals surface area contributed by atoms with Gasteiger partial charge in [-0.15, -0.1) is 0 Å². The lowest BCUT2D eigenvalue weighted by molar-refractivity contribution is -0.147. The molecule has 2 aromatic heterocycles. The predicted octanol–water partition coefficient (Wildman–Crippen LogP) is 5.99. The molecule has 14 nitrogen and oxygen atoms in total. The maximum Gasteiger partial charge on any atom is 0.408 e. The molecule has 1 saturated heterocycles. The molecule has 55 heavy (non-hydrogen) atoms. The molecule has 3 heterocycles. The minimum Gasteiger partial charge on any atom is -0.459 e. The van der Waals surface area contributed by atoms with E-state index in [0.717, 1.165) is 16.7 Å². The number of hydrogen-bond acceptors (Lipinski definition) is 12. The van der Waals surface area contributed by atoms with Gasteiger partial charge in [0.2, 0.25) is 0 Å². The summed E-state index contributed by atoms with van der Waals surface area (Å²) in [4.78, 5) is 65.8. The van der Waals surface area contributed by atoms with E-state index in [9.17, 15) is 19.2 Å². The number of rotatable bonds is 12. The van der Waals surface area contributed by atoms with Gasteiger partial charge >= 0.3 is 24.0 Å². The number of benzene rings is 3. The highest BCUT2D eigenvalue weighted by Crippen LogP contribution is 2.34. The molecule has 4 atom stereocenters. The molecule has 0 aliphatic carbocycles. The molecular weight excluding hydrogens is 706 g/mol. The van der Waals surface area contributed by atoms with Crippen LogP contribution in [0.15, 0.2) is 91.5 Å². The first kappa shape index (κ1) is 38.6. The number of aryl methyl sites for hydroxylation is 2. The number of fused-ring (bicyclic) bond motifs is 1. The zero-order chi connectivity index (χ0) is 39.1. The summed E-state index contributed by atoms with van der Waals surface area (Å²) in [5.41, 5.74) is 3.76. The molecule has 0 unspecified atom stereocenters. The van der Waals surface area contributed by atoms with Gasteiger partial charge in [0.25, 0.3) is 0 Å². The van der Waals surface area contributed by atoms with Gasteiger partial charge in [-0.1, -0.05) is 65.7 Å². The van der Waals surface area contributed by atoms with E-state index in [0.29, 0.717) is 28.0 Å². The number of imidazole rings is 1. The Morgan fingerprint density at radius 1 is 0.855 bits per heavy atom. The van der Waals surface area contributed by atoms with Gasteiger partial charge in [0.15, 0.2) is 5.65 Å². The van der Waals surface area contributed by atoms with Gasteiger partial charge in [-0.2, -0.15) is 0 Å². The number of ether oxygens (including phenoxy) is 5. The number of esters is 3. The lowest BCUT2D eigenvalue weighted by Crippen LogP contribution is -2.45. The van der Waals surface area contributed by atoms with Crippen LogP contribution in [0.4, 0.5) is 4.79 Å². The SMILES string of the molecule is Cc1ccc(C(=O)OC[C@H]2O[C@@H](n3cnc4c(C[C@@H](NC(=O)OC(C)(C)C)C(=O)OCc5ccccc5)ncnc43)C[C@@H]2OC(=O)c2ccc(C)cc2)cc1. The minimum absolute atomic E-state index is 0.00382. The molecule has 6 rings (SSSR count). The monoisotopic (exact) mass is 749 g/mol. The van der Waals surface area contributed by atoms with E-state index in [1.54, 1.807) is 49.6 Å². The largest absolute Gasteiger partial charge is 0.459 e. The molecule has 1 aliphatic rings. The quantitative estimate of drug-likeness (QED) is 0.117. The Morgan fingerprint density at radius 2 is 1.51 bits per heavy atom. The van der Waals surface area contributed by atoms with E-state index in [2.05, 4.69) is 20.3 Å². The fourth-order valence-electron chi connectivity index (χ4n) is 5.90. The third-order valence-electron chi connectivity index (χ3n) is 8.73. The minimum atomic E-state index is -1.18. The first-order valence-electron chi connectivity index (χ1n) is 17.9. The number of hydrogen-bond donors (Lipinski definition) is 1. The number of alkyl carbamates (subject to hydrolysis) is 1. The van der Waals surface area contributed by atoms with E-state index >= 15 is 0 Å². The second kappa shape index (κ2) is 16.9. The molecule has 1 fully saturated rings. The average Bonchev–Trinajstić information content (AvgIpc) is 3.77. The van der Waals surface area contributed by atoms with E-state index in [-0.39, 0.29) is 26.1 Å². The fourth-order valence-corrected chi connectivity index (χ4v) is 5.90. The van der Waals surface area contributed by atoms with Crippen LogP contribution < -0.4 is 5.32 Å². The standard InChI is InChI=1S/C41H43N5O9/c1-25-11-15-28(16-12-25)37(47)52-22-33-32(54-38(48)29-17-13-26(2)14-18-29)20-34(53-33)46-24-44-35-30(42-23-43-36(35)46)19-31(45-40(50)55-41(3,4)5)39(49)51-21-27-9-7-6-8-10-27/h6-18,23-24,31-34H,19-22H2,1-5H3,(H,45,50)/t31-,32+,33-,34-/m1/s1. The highest BCUT2D eigenvalue weighted by Gasteiger charge is 2.41. The first-order valence-corrected chi connectivity index (χ1v) is 17.9. The topological polar surface area (TPSA) is 170 Å². The van der Waals surface area contributed by atoms with Gasteiger partial charge in [0, 0.05) is 12.8 Å². The number of carbonyl (C=O) groups excluding carboxylic acids is 4. The maximum absolute atomic E-state index is 13.4.